The van der Waals surface area contributed by atoms with Gasteiger partial charge in [-0.05, 0) is 55.5 Å². The Balaban J connectivity index is 1.83. The van der Waals surface area contributed by atoms with E-state index >= 15 is 0 Å². The first-order chi connectivity index (χ1) is 14.5. The predicted molar refractivity (Wildman–Crippen MR) is 124 cm³/mol. The van der Waals surface area contributed by atoms with Crippen molar-refractivity contribution in [3.05, 3.63) is 70.8 Å². The van der Waals surface area contributed by atoms with Crippen molar-refractivity contribution in [2.45, 2.75) is 46.6 Å². The zero-order valence-electron chi connectivity index (χ0n) is 19.3. The summed E-state index contributed by atoms with van der Waals surface area (Å²) < 4.78 is 5.37. The van der Waals surface area contributed by atoms with Gasteiger partial charge in [0.25, 0.3) is 5.91 Å². The lowest BCUT2D eigenvalue weighted by Crippen LogP contribution is -2.43. The highest BCUT2D eigenvalue weighted by Gasteiger charge is 2.28. The third-order valence-corrected chi connectivity index (χ3v) is 5.20. The molecule has 1 aliphatic heterocycles. The van der Waals surface area contributed by atoms with Crippen LogP contribution in [0.2, 0.25) is 0 Å². The van der Waals surface area contributed by atoms with Crippen molar-refractivity contribution in [2.24, 2.45) is 5.41 Å². The van der Waals surface area contributed by atoms with E-state index in [1.807, 2.05) is 12.1 Å². The highest BCUT2D eigenvalue weighted by molar-refractivity contribution is 6.09. The van der Waals surface area contributed by atoms with Crippen LogP contribution in [-0.2, 0) is 6.42 Å². The molecule has 0 saturated carbocycles. The Hall–Kier alpha value is -3.08. The second-order valence-electron chi connectivity index (χ2n) is 9.95. The summed E-state index contributed by atoms with van der Waals surface area (Å²) >= 11 is 0. The van der Waals surface area contributed by atoms with Crippen LogP contribution in [0.25, 0.3) is 5.70 Å². The first kappa shape index (κ1) is 22.6. The van der Waals surface area contributed by atoms with Gasteiger partial charge in [0.05, 0.1) is 7.11 Å². The van der Waals surface area contributed by atoms with Gasteiger partial charge in [0, 0.05) is 40.5 Å². The third kappa shape index (κ3) is 5.75. The normalized spacial score (nSPS) is 16.3. The minimum atomic E-state index is -0.164. The molecule has 5 heteroatoms. The Kier molecular flexibility index (Phi) is 6.25. The first-order valence-electron chi connectivity index (χ1n) is 10.6. The number of methoxy groups -OCH3 is 1. The molecule has 1 aliphatic rings. The molecule has 3 rings (SSSR count). The molecule has 0 aromatic heterocycles. The quantitative estimate of drug-likeness (QED) is 0.547. The van der Waals surface area contributed by atoms with Gasteiger partial charge in [-0.25, -0.2) is 0 Å². The van der Waals surface area contributed by atoms with Gasteiger partial charge in [-0.2, -0.15) is 0 Å². The van der Waals surface area contributed by atoms with Crippen molar-refractivity contribution in [1.29, 1.82) is 0 Å². The highest BCUT2D eigenvalue weighted by atomic mass is 16.5. The van der Waals surface area contributed by atoms with Gasteiger partial charge < -0.3 is 15.4 Å². The highest BCUT2D eigenvalue weighted by Crippen LogP contribution is 2.32. The third-order valence-electron chi connectivity index (χ3n) is 5.20. The van der Waals surface area contributed by atoms with E-state index in [1.165, 1.54) is 5.56 Å². The predicted octanol–water partition coefficient (Wildman–Crippen LogP) is 4.62. The van der Waals surface area contributed by atoms with Crippen molar-refractivity contribution >= 4 is 17.4 Å². The van der Waals surface area contributed by atoms with E-state index in [4.69, 9.17) is 4.74 Å². The fraction of sp³-hybridized carbons (Fsp3) is 0.385. The number of ketones is 1. The maximum absolute atomic E-state index is 13.0. The van der Waals surface area contributed by atoms with Gasteiger partial charge in [0.15, 0.2) is 5.78 Å². The van der Waals surface area contributed by atoms with E-state index in [0.717, 1.165) is 23.4 Å². The molecule has 1 amide bonds. The molecule has 1 heterocycles. The molecule has 0 bridgehead atoms. The molecule has 0 unspecified atom stereocenters. The average molecular weight is 421 g/mol. The summed E-state index contributed by atoms with van der Waals surface area (Å²) in [7, 11) is 1.63. The molecule has 0 aliphatic carbocycles. The van der Waals surface area contributed by atoms with Crippen LogP contribution in [0.4, 0.5) is 0 Å². The molecule has 2 aromatic carbocycles. The number of ether oxygens (including phenoxy) is 1. The summed E-state index contributed by atoms with van der Waals surface area (Å²) in [6.07, 6.45) is 2.49. The number of carbonyl (C=O) groups is 2. The lowest BCUT2D eigenvalue weighted by Gasteiger charge is -2.35. The van der Waals surface area contributed by atoms with Crippen LogP contribution < -0.4 is 15.4 Å². The maximum atomic E-state index is 13.0. The minimum Gasteiger partial charge on any atom is -0.497 e. The number of amides is 1. The lowest BCUT2D eigenvalue weighted by atomic mass is 9.85. The summed E-state index contributed by atoms with van der Waals surface area (Å²) in [6, 6.07) is 12.7. The molecule has 0 atom stereocenters. The van der Waals surface area contributed by atoms with Crippen molar-refractivity contribution in [2.75, 3.05) is 13.7 Å². The number of rotatable bonds is 5. The molecule has 0 saturated heterocycles. The molecule has 31 heavy (non-hydrogen) atoms. The molecule has 0 radical (unpaired) electrons. The van der Waals surface area contributed by atoms with Crippen LogP contribution >= 0.6 is 0 Å². The average Bonchev–Trinajstić information content (AvgIpc) is 2.70. The minimum absolute atomic E-state index is 0.0114. The van der Waals surface area contributed by atoms with Crippen molar-refractivity contribution in [3.63, 3.8) is 0 Å². The van der Waals surface area contributed by atoms with E-state index in [1.54, 1.807) is 37.5 Å². The molecular weight excluding hydrogens is 388 g/mol. The van der Waals surface area contributed by atoms with E-state index in [0.29, 0.717) is 17.7 Å². The molecule has 0 fully saturated rings. The van der Waals surface area contributed by atoms with Gasteiger partial charge in [0.1, 0.15) is 5.75 Å². The number of fused-ring (bicyclic) bond motifs is 1. The van der Waals surface area contributed by atoms with Crippen LogP contribution in [-0.4, -0.2) is 30.9 Å². The Labute approximate surface area is 184 Å². The van der Waals surface area contributed by atoms with Crippen molar-refractivity contribution < 1.29 is 14.3 Å². The molecule has 5 nitrogen and oxygen atoms in total. The standard InChI is InChI=1S/C26H32N2O3/c1-25(2,3)16-27-24(30)18-9-7-17(8-10-18)23(29)14-22-21-13-20(31-6)12-11-19(21)15-26(4,5)28-22/h7-14,28H,15-16H2,1-6H3,(H,27,30)/b22-14-. The molecular formula is C26H32N2O3. The van der Waals surface area contributed by atoms with Gasteiger partial charge in [0.2, 0.25) is 0 Å². The SMILES string of the molecule is COc1ccc2c(c1)/C(=C/C(=O)c1ccc(C(=O)NCC(C)(C)C)cc1)NC(C)(C)C2. The Morgan fingerprint density at radius 3 is 2.35 bits per heavy atom. The number of hydrogen-bond acceptors (Lipinski definition) is 4. The van der Waals surface area contributed by atoms with Crippen LogP contribution in [0.5, 0.6) is 5.75 Å². The van der Waals surface area contributed by atoms with E-state index in [9.17, 15) is 9.59 Å². The molecule has 164 valence electrons. The van der Waals surface area contributed by atoms with Gasteiger partial charge in [-0.3, -0.25) is 9.59 Å². The summed E-state index contributed by atoms with van der Waals surface area (Å²) in [5.41, 5.74) is 3.86. The Bertz CT molecular complexity index is 1010. The zero-order chi connectivity index (χ0) is 22.8. The van der Waals surface area contributed by atoms with E-state index in [2.05, 4.69) is 51.3 Å². The second kappa shape index (κ2) is 8.58. The smallest absolute Gasteiger partial charge is 0.251 e. The lowest BCUT2D eigenvalue weighted by molar-refractivity contribution is 0.0938. The summed E-state index contributed by atoms with van der Waals surface area (Å²) in [5, 5.41) is 6.41. The van der Waals surface area contributed by atoms with Gasteiger partial charge in [-0.1, -0.05) is 39.0 Å². The van der Waals surface area contributed by atoms with Crippen molar-refractivity contribution in [3.8, 4) is 5.75 Å². The fourth-order valence-electron chi connectivity index (χ4n) is 3.60. The number of carbonyl (C=O) groups excluding carboxylic acids is 2. The second-order valence-corrected chi connectivity index (χ2v) is 9.95. The Morgan fingerprint density at radius 2 is 1.74 bits per heavy atom. The van der Waals surface area contributed by atoms with E-state index < -0.39 is 0 Å². The fourth-order valence-corrected chi connectivity index (χ4v) is 3.60. The summed E-state index contributed by atoms with van der Waals surface area (Å²) in [6.45, 7) is 11.0. The molecule has 2 aromatic rings. The molecule has 2 N–H and O–H groups in total. The van der Waals surface area contributed by atoms with Gasteiger partial charge in [-0.15, -0.1) is 0 Å². The van der Waals surface area contributed by atoms with Crippen LogP contribution in [0.15, 0.2) is 48.5 Å². The summed E-state index contributed by atoms with van der Waals surface area (Å²) in [5.74, 6) is 0.504. The monoisotopic (exact) mass is 420 g/mol. The van der Waals surface area contributed by atoms with E-state index in [-0.39, 0.29) is 22.6 Å². The number of hydrogen-bond donors (Lipinski definition) is 2. The topological polar surface area (TPSA) is 67.4 Å². The number of nitrogens with one attached hydrogen (secondary N) is 2. The largest absolute Gasteiger partial charge is 0.497 e. The van der Waals surface area contributed by atoms with Gasteiger partial charge >= 0.3 is 0 Å². The van der Waals surface area contributed by atoms with Crippen LogP contribution in [0, 0.1) is 5.41 Å². The van der Waals surface area contributed by atoms with Crippen molar-refractivity contribution in [1.82, 2.24) is 10.6 Å². The number of allylic oxidation sites excluding steroid dienone is 1. The zero-order valence-corrected chi connectivity index (χ0v) is 19.3. The molecule has 0 spiro atoms. The number of benzene rings is 2. The Morgan fingerprint density at radius 1 is 1.10 bits per heavy atom. The summed E-state index contributed by atoms with van der Waals surface area (Å²) in [4.78, 5) is 25.3. The first-order valence-corrected chi connectivity index (χ1v) is 10.6. The van der Waals surface area contributed by atoms with Crippen LogP contribution in [0.3, 0.4) is 0 Å². The van der Waals surface area contributed by atoms with Crippen LogP contribution in [0.1, 0.15) is 66.5 Å². The maximum Gasteiger partial charge on any atom is 0.251 e.